The molecule has 2 fully saturated rings. The van der Waals surface area contributed by atoms with Crippen LogP contribution in [0.2, 0.25) is 0 Å². The van der Waals surface area contributed by atoms with Crippen molar-refractivity contribution in [2.24, 2.45) is 0 Å². The summed E-state index contributed by atoms with van der Waals surface area (Å²) < 4.78 is 5.29. The second-order valence-corrected chi connectivity index (χ2v) is 6.44. The smallest absolute Gasteiger partial charge is 0.323 e. The fourth-order valence-corrected chi connectivity index (χ4v) is 3.38. The Labute approximate surface area is 131 Å². The van der Waals surface area contributed by atoms with Crippen LogP contribution in [0, 0.1) is 6.92 Å². The average molecular weight is 304 g/mol. The molecule has 0 bridgehead atoms. The Balaban J connectivity index is 1.67. The summed E-state index contributed by atoms with van der Waals surface area (Å²) in [5.41, 5.74) is 0.928. The van der Waals surface area contributed by atoms with Crippen molar-refractivity contribution in [2.45, 2.75) is 51.3 Å². The summed E-state index contributed by atoms with van der Waals surface area (Å²) in [6.07, 6.45) is 3.02. The van der Waals surface area contributed by atoms with Crippen LogP contribution in [0.3, 0.4) is 0 Å². The molecule has 2 saturated heterocycles. The summed E-state index contributed by atoms with van der Waals surface area (Å²) in [5, 5.41) is 8.43. The van der Waals surface area contributed by atoms with Crippen LogP contribution < -0.4 is 4.90 Å². The lowest BCUT2D eigenvalue weighted by molar-refractivity contribution is -0.145. The molecule has 6 nitrogen and oxygen atoms in total. The predicted octanol–water partition coefficient (Wildman–Crippen LogP) is 1.39. The van der Waals surface area contributed by atoms with E-state index in [-0.39, 0.29) is 18.1 Å². The van der Waals surface area contributed by atoms with E-state index in [1.807, 2.05) is 33.0 Å². The van der Waals surface area contributed by atoms with Crippen LogP contribution in [0.4, 0.5) is 5.82 Å². The van der Waals surface area contributed by atoms with Crippen molar-refractivity contribution >= 4 is 11.8 Å². The Bertz CT molecular complexity index is 533. The van der Waals surface area contributed by atoms with Crippen LogP contribution in [0.25, 0.3) is 0 Å². The zero-order valence-electron chi connectivity index (χ0n) is 13.5. The first-order valence-corrected chi connectivity index (χ1v) is 8.02. The first-order valence-electron chi connectivity index (χ1n) is 8.02. The summed E-state index contributed by atoms with van der Waals surface area (Å²) in [6.45, 7) is 5.78. The summed E-state index contributed by atoms with van der Waals surface area (Å²) in [6, 6.07) is 4.26. The van der Waals surface area contributed by atoms with Gasteiger partial charge in [0, 0.05) is 25.6 Å². The average Bonchev–Trinajstić information content (AvgIpc) is 2.86. The minimum atomic E-state index is -0.107. The summed E-state index contributed by atoms with van der Waals surface area (Å²) in [5.74, 6) is 0.841. The third-order valence-corrected chi connectivity index (χ3v) is 4.72. The minimum absolute atomic E-state index is 0.0302. The van der Waals surface area contributed by atoms with Crippen molar-refractivity contribution in [1.29, 1.82) is 0 Å². The lowest BCUT2D eigenvalue weighted by atomic mass is 10.0. The first kappa shape index (κ1) is 15.2. The lowest BCUT2D eigenvalue weighted by Crippen LogP contribution is -2.51. The molecule has 0 N–H and O–H groups in total. The van der Waals surface area contributed by atoms with E-state index in [0.29, 0.717) is 6.04 Å². The van der Waals surface area contributed by atoms with Gasteiger partial charge < -0.3 is 9.64 Å². The molecule has 0 spiro atoms. The van der Waals surface area contributed by atoms with E-state index in [2.05, 4.69) is 20.0 Å². The largest absolute Gasteiger partial charge is 0.461 e. The molecule has 2 aliphatic heterocycles. The maximum Gasteiger partial charge on any atom is 0.323 e. The molecule has 3 rings (SSSR count). The quantitative estimate of drug-likeness (QED) is 0.787. The Kier molecular flexibility index (Phi) is 4.29. The summed E-state index contributed by atoms with van der Waals surface area (Å²) in [7, 11) is 2.04. The van der Waals surface area contributed by atoms with E-state index in [1.54, 1.807) is 0 Å². The van der Waals surface area contributed by atoms with Gasteiger partial charge in [-0.1, -0.05) is 0 Å². The van der Waals surface area contributed by atoms with Gasteiger partial charge >= 0.3 is 5.97 Å². The molecule has 0 unspecified atom stereocenters. The number of aryl methyl sites for hydroxylation is 1. The van der Waals surface area contributed by atoms with E-state index < -0.39 is 0 Å². The van der Waals surface area contributed by atoms with Gasteiger partial charge in [-0.2, -0.15) is 5.10 Å². The zero-order chi connectivity index (χ0) is 15.7. The van der Waals surface area contributed by atoms with E-state index in [1.165, 1.54) is 0 Å². The number of carbonyl (C=O) groups is 1. The molecular weight excluding hydrogens is 280 g/mol. The van der Waals surface area contributed by atoms with Gasteiger partial charge in [-0.05, 0) is 45.9 Å². The number of hydrogen-bond acceptors (Lipinski definition) is 6. The van der Waals surface area contributed by atoms with Crippen LogP contribution >= 0.6 is 0 Å². The number of esters is 1. The van der Waals surface area contributed by atoms with Gasteiger partial charge in [0.05, 0.1) is 5.69 Å². The monoisotopic (exact) mass is 304 g/mol. The molecule has 0 aromatic carbocycles. The molecule has 6 heteroatoms. The number of rotatable bonds is 3. The Morgan fingerprint density at radius 1 is 1.36 bits per heavy atom. The van der Waals surface area contributed by atoms with Crippen LogP contribution in [0.5, 0.6) is 0 Å². The molecule has 2 aliphatic rings. The number of cyclic esters (lactones) is 1. The van der Waals surface area contributed by atoms with Crippen molar-refractivity contribution in [2.75, 3.05) is 25.0 Å². The number of hydrogen-bond donors (Lipinski definition) is 0. The molecule has 0 saturated carbocycles. The molecule has 22 heavy (non-hydrogen) atoms. The van der Waals surface area contributed by atoms with Crippen LogP contribution in [0.1, 0.15) is 31.9 Å². The molecule has 0 radical (unpaired) electrons. The fourth-order valence-electron chi connectivity index (χ4n) is 3.38. The van der Waals surface area contributed by atoms with Gasteiger partial charge in [-0.3, -0.25) is 9.69 Å². The van der Waals surface area contributed by atoms with Crippen LogP contribution in [-0.2, 0) is 9.53 Å². The predicted molar refractivity (Wildman–Crippen MR) is 83.7 cm³/mol. The van der Waals surface area contributed by atoms with Crippen LogP contribution in [-0.4, -0.2) is 59.4 Å². The first-order chi connectivity index (χ1) is 10.5. The summed E-state index contributed by atoms with van der Waals surface area (Å²) >= 11 is 0. The van der Waals surface area contributed by atoms with Crippen LogP contribution in [0.15, 0.2) is 12.1 Å². The summed E-state index contributed by atoms with van der Waals surface area (Å²) in [4.78, 5) is 16.4. The normalized spacial score (nSPS) is 29.0. The molecule has 3 heterocycles. The fraction of sp³-hybridized carbons (Fsp3) is 0.688. The van der Waals surface area contributed by atoms with Crippen molar-refractivity contribution < 1.29 is 9.53 Å². The molecule has 3 atom stereocenters. The molecule has 1 aromatic rings. The number of nitrogens with zero attached hydrogens (tertiary/aromatic N) is 4. The van der Waals surface area contributed by atoms with Gasteiger partial charge in [-0.15, -0.1) is 5.10 Å². The lowest BCUT2D eigenvalue weighted by Gasteiger charge is -2.39. The highest BCUT2D eigenvalue weighted by Crippen LogP contribution is 2.25. The maximum atomic E-state index is 12.0. The zero-order valence-corrected chi connectivity index (χ0v) is 13.5. The van der Waals surface area contributed by atoms with Gasteiger partial charge in [-0.25, -0.2) is 0 Å². The number of piperidine rings is 1. The SMILES string of the molecule is Cc1ccc(N2CCC[C@H](N(C)[C@H]3C[C@H](C)OC3=O)C2)nn1. The Hall–Kier alpha value is -1.69. The molecule has 1 aromatic heterocycles. The number of anilines is 1. The number of ether oxygens (including phenoxy) is 1. The van der Waals surface area contributed by atoms with Crippen molar-refractivity contribution in [3.8, 4) is 0 Å². The van der Waals surface area contributed by atoms with Gasteiger partial charge in [0.1, 0.15) is 12.1 Å². The van der Waals surface area contributed by atoms with E-state index in [4.69, 9.17) is 4.74 Å². The standard InChI is InChI=1S/C16H24N4O2/c1-11-6-7-15(18-17-11)20-8-4-5-13(10-20)19(3)14-9-12(2)22-16(14)21/h6-7,12-14H,4-5,8-10H2,1-3H3/t12-,13-,14-/m0/s1. The van der Waals surface area contributed by atoms with Gasteiger partial charge in [0.2, 0.25) is 0 Å². The minimum Gasteiger partial charge on any atom is -0.461 e. The van der Waals surface area contributed by atoms with Gasteiger partial charge in [0.15, 0.2) is 5.82 Å². The topological polar surface area (TPSA) is 58.6 Å². The van der Waals surface area contributed by atoms with E-state index in [0.717, 1.165) is 43.9 Å². The molecular formula is C16H24N4O2. The van der Waals surface area contributed by atoms with Gasteiger partial charge in [0.25, 0.3) is 0 Å². The number of carbonyl (C=O) groups excluding carboxylic acids is 1. The second kappa shape index (κ2) is 6.20. The highest BCUT2D eigenvalue weighted by Gasteiger charge is 2.38. The van der Waals surface area contributed by atoms with E-state index >= 15 is 0 Å². The molecule has 120 valence electrons. The number of aromatic nitrogens is 2. The highest BCUT2D eigenvalue weighted by atomic mass is 16.6. The Morgan fingerprint density at radius 3 is 2.82 bits per heavy atom. The third-order valence-electron chi connectivity index (χ3n) is 4.72. The Morgan fingerprint density at radius 2 is 2.18 bits per heavy atom. The van der Waals surface area contributed by atoms with Crippen molar-refractivity contribution in [3.05, 3.63) is 17.8 Å². The second-order valence-electron chi connectivity index (χ2n) is 6.44. The van der Waals surface area contributed by atoms with Crippen molar-refractivity contribution in [1.82, 2.24) is 15.1 Å². The molecule has 0 aliphatic carbocycles. The maximum absolute atomic E-state index is 12.0. The number of likely N-dealkylation sites (N-methyl/N-ethyl adjacent to an activating group) is 1. The third kappa shape index (κ3) is 3.06. The molecule has 0 amide bonds. The highest BCUT2D eigenvalue weighted by molar-refractivity contribution is 5.78. The van der Waals surface area contributed by atoms with Crippen molar-refractivity contribution in [3.63, 3.8) is 0 Å². The van der Waals surface area contributed by atoms with E-state index in [9.17, 15) is 4.79 Å².